The SMILES string of the molecule is Cc1n[nH]c(C)c1-c1ccc(C(=O)N2CCC(C(=O)Nc3cc(F)c(F)c(F)c3)C2)[nH]1. The van der Waals surface area contributed by atoms with Gasteiger partial charge in [-0.2, -0.15) is 5.10 Å². The zero-order valence-electron chi connectivity index (χ0n) is 16.9. The number of rotatable bonds is 4. The van der Waals surface area contributed by atoms with Crippen molar-refractivity contribution in [3.63, 3.8) is 0 Å². The highest BCUT2D eigenvalue weighted by Gasteiger charge is 2.32. The van der Waals surface area contributed by atoms with Crippen molar-refractivity contribution in [3.8, 4) is 11.3 Å². The molecule has 2 aromatic heterocycles. The van der Waals surface area contributed by atoms with Gasteiger partial charge in [-0.25, -0.2) is 13.2 Å². The minimum absolute atomic E-state index is 0.162. The summed E-state index contributed by atoms with van der Waals surface area (Å²) in [7, 11) is 0. The molecule has 1 saturated heterocycles. The van der Waals surface area contributed by atoms with E-state index in [0.717, 1.165) is 22.6 Å². The monoisotopic (exact) mass is 431 g/mol. The number of aromatic amines is 2. The molecule has 0 bridgehead atoms. The molecular weight excluding hydrogens is 411 g/mol. The minimum atomic E-state index is -1.60. The summed E-state index contributed by atoms with van der Waals surface area (Å²) in [5.41, 5.74) is 3.57. The van der Waals surface area contributed by atoms with E-state index in [1.807, 2.05) is 13.8 Å². The summed E-state index contributed by atoms with van der Waals surface area (Å²) < 4.78 is 39.8. The van der Waals surface area contributed by atoms with Crippen LogP contribution in [-0.4, -0.2) is 45.0 Å². The third kappa shape index (κ3) is 3.92. The third-order valence-electron chi connectivity index (χ3n) is 5.41. The zero-order valence-corrected chi connectivity index (χ0v) is 16.9. The normalized spacial score (nSPS) is 16.0. The van der Waals surface area contributed by atoms with E-state index in [2.05, 4.69) is 20.5 Å². The van der Waals surface area contributed by atoms with Crippen molar-refractivity contribution in [2.24, 2.45) is 5.92 Å². The Morgan fingerprint density at radius 1 is 1.16 bits per heavy atom. The molecular formula is C21H20F3N5O2. The number of halogens is 3. The summed E-state index contributed by atoms with van der Waals surface area (Å²) in [5, 5.41) is 9.44. The lowest BCUT2D eigenvalue weighted by atomic mass is 10.1. The summed E-state index contributed by atoms with van der Waals surface area (Å²) in [6.45, 7) is 4.28. The maximum absolute atomic E-state index is 13.3. The van der Waals surface area contributed by atoms with Crippen LogP contribution >= 0.6 is 0 Å². The molecule has 1 fully saturated rings. The lowest BCUT2D eigenvalue weighted by Gasteiger charge is -2.16. The zero-order chi connectivity index (χ0) is 22.3. The number of hydrogen-bond donors (Lipinski definition) is 3. The van der Waals surface area contributed by atoms with E-state index >= 15 is 0 Å². The predicted molar refractivity (Wildman–Crippen MR) is 107 cm³/mol. The topological polar surface area (TPSA) is 93.9 Å². The van der Waals surface area contributed by atoms with E-state index in [1.165, 1.54) is 0 Å². The van der Waals surface area contributed by atoms with Gasteiger partial charge in [0.05, 0.1) is 11.6 Å². The van der Waals surface area contributed by atoms with Crippen molar-refractivity contribution < 1.29 is 22.8 Å². The van der Waals surface area contributed by atoms with Crippen molar-refractivity contribution in [1.82, 2.24) is 20.1 Å². The van der Waals surface area contributed by atoms with Gasteiger partial charge in [0, 0.05) is 47.9 Å². The number of carbonyl (C=O) groups excluding carboxylic acids is 2. The van der Waals surface area contributed by atoms with Gasteiger partial charge in [0.2, 0.25) is 5.91 Å². The van der Waals surface area contributed by atoms with Crippen LogP contribution in [0, 0.1) is 37.2 Å². The molecule has 3 heterocycles. The Hall–Kier alpha value is -3.56. The van der Waals surface area contributed by atoms with Gasteiger partial charge in [-0.1, -0.05) is 0 Å². The van der Waals surface area contributed by atoms with Crippen molar-refractivity contribution >= 4 is 17.5 Å². The predicted octanol–water partition coefficient (Wildman–Crippen LogP) is 3.54. The first-order valence-electron chi connectivity index (χ1n) is 9.70. The van der Waals surface area contributed by atoms with E-state index in [-0.39, 0.29) is 18.1 Å². The summed E-state index contributed by atoms with van der Waals surface area (Å²) in [6, 6.07) is 4.92. The van der Waals surface area contributed by atoms with E-state index in [1.54, 1.807) is 17.0 Å². The molecule has 1 atom stereocenters. The van der Waals surface area contributed by atoms with Gasteiger partial charge in [-0.15, -0.1) is 0 Å². The molecule has 0 saturated carbocycles. The van der Waals surface area contributed by atoms with Crippen LogP contribution in [-0.2, 0) is 4.79 Å². The van der Waals surface area contributed by atoms with Crippen LogP contribution in [0.25, 0.3) is 11.3 Å². The molecule has 7 nitrogen and oxygen atoms in total. The van der Waals surface area contributed by atoms with Gasteiger partial charge in [-0.05, 0) is 32.4 Å². The molecule has 1 aromatic carbocycles. The van der Waals surface area contributed by atoms with Gasteiger partial charge in [-0.3, -0.25) is 14.7 Å². The van der Waals surface area contributed by atoms with Crippen LogP contribution in [0.1, 0.15) is 28.3 Å². The number of anilines is 1. The Kier molecular flexibility index (Phi) is 5.30. The number of likely N-dealkylation sites (tertiary alicyclic amines) is 1. The second-order valence-electron chi connectivity index (χ2n) is 7.57. The Balaban J connectivity index is 1.42. The van der Waals surface area contributed by atoms with Crippen LogP contribution in [0.15, 0.2) is 24.3 Å². The van der Waals surface area contributed by atoms with Gasteiger partial charge in [0.25, 0.3) is 5.91 Å². The largest absolute Gasteiger partial charge is 0.350 e. The number of benzene rings is 1. The fourth-order valence-electron chi connectivity index (χ4n) is 3.81. The highest BCUT2D eigenvalue weighted by molar-refractivity contribution is 5.96. The molecule has 0 spiro atoms. The Morgan fingerprint density at radius 2 is 1.87 bits per heavy atom. The smallest absolute Gasteiger partial charge is 0.270 e. The molecule has 162 valence electrons. The second-order valence-corrected chi connectivity index (χ2v) is 7.57. The summed E-state index contributed by atoms with van der Waals surface area (Å²) in [5.74, 6) is -5.65. The average molecular weight is 431 g/mol. The first-order chi connectivity index (χ1) is 14.7. The first kappa shape index (κ1) is 20.7. The number of H-pyrrole nitrogens is 2. The quantitative estimate of drug-likeness (QED) is 0.552. The van der Waals surface area contributed by atoms with Crippen molar-refractivity contribution in [2.45, 2.75) is 20.3 Å². The Labute approximate surface area is 175 Å². The third-order valence-corrected chi connectivity index (χ3v) is 5.41. The van der Waals surface area contributed by atoms with Crippen LogP contribution in [0.4, 0.5) is 18.9 Å². The number of carbonyl (C=O) groups is 2. The van der Waals surface area contributed by atoms with Crippen LogP contribution in [0.3, 0.4) is 0 Å². The van der Waals surface area contributed by atoms with E-state index < -0.39 is 29.3 Å². The molecule has 2 amide bonds. The molecule has 1 unspecified atom stereocenters. The molecule has 1 aliphatic heterocycles. The van der Waals surface area contributed by atoms with Crippen molar-refractivity contribution in [1.29, 1.82) is 0 Å². The number of amides is 2. The number of aromatic nitrogens is 3. The van der Waals surface area contributed by atoms with E-state index in [4.69, 9.17) is 0 Å². The lowest BCUT2D eigenvalue weighted by molar-refractivity contribution is -0.119. The highest BCUT2D eigenvalue weighted by atomic mass is 19.2. The molecule has 31 heavy (non-hydrogen) atoms. The van der Waals surface area contributed by atoms with Crippen LogP contribution in [0.2, 0.25) is 0 Å². The molecule has 4 rings (SSSR count). The number of aryl methyl sites for hydroxylation is 2. The van der Waals surface area contributed by atoms with Crippen molar-refractivity contribution in [3.05, 3.63) is 58.8 Å². The highest BCUT2D eigenvalue weighted by Crippen LogP contribution is 2.26. The maximum atomic E-state index is 13.3. The van der Waals surface area contributed by atoms with Gasteiger partial charge in [0.15, 0.2) is 17.5 Å². The fourth-order valence-corrected chi connectivity index (χ4v) is 3.81. The van der Waals surface area contributed by atoms with Gasteiger partial charge >= 0.3 is 0 Å². The fraction of sp³-hybridized carbons (Fsp3) is 0.286. The molecule has 3 N–H and O–H groups in total. The standard InChI is InChI=1S/C21H20F3N5O2/c1-10-18(11(2)28-27-10)16-3-4-17(26-16)21(31)29-6-5-12(9-29)20(30)25-13-7-14(22)19(24)15(23)8-13/h3-4,7-8,12,26H,5-6,9H2,1-2H3,(H,25,30)(H,27,28). The number of hydrogen-bond acceptors (Lipinski definition) is 3. The van der Waals surface area contributed by atoms with Crippen LogP contribution < -0.4 is 5.32 Å². The number of nitrogens with one attached hydrogen (secondary N) is 3. The average Bonchev–Trinajstić information content (AvgIpc) is 3.46. The number of nitrogens with zero attached hydrogens (tertiary/aromatic N) is 2. The van der Waals surface area contributed by atoms with Gasteiger partial charge in [0.1, 0.15) is 5.69 Å². The summed E-state index contributed by atoms with van der Waals surface area (Å²) in [4.78, 5) is 30.0. The first-order valence-corrected chi connectivity index (χ1v) is 9.70. The summed E-state index contributed by atoms with van der Waals surface area (Å²) in [6.07, 6.45) is 0.400. The van der Waals surface area contributed by atoms with E-state index in [0.29, 0.717) is 30.8 Å². The Morgan fingerprint density at radius 3 is 2.52 bits per heavy atom. The van der Waals surface area contributed by atoms with Crippen LogP contribution in [0.5, 0.6) is 0 Å². The maximum Gasteiger partial charge on any atom is 0.270 e. The summed E-state index contributed by atoms with van der Waals surface area (Å²) >= 11 is 0. The minimum Gasteiger partial charge on any atom is -0.350 e. The second kappa shape index (κ2) is 7.93. The molecule has 3 aromatic rings. The van der Waals surface area contributed by atoms with E-state index in [9.17, 15) is 22.8 Å². The lowest BCUT2D eigenvalue weighted by Crippen LogP contribution is -2.31. The molecule has 0 radical (unpaired) electrons. The molecule has 10 heteroatoms. The molecule has 1 aliphatic rings. The van der Waals surface area contributed by atoms with Gasteiger partial charge < -0.3 is 15.2 Å². The molecule has 0 aliphatic carbocycles. The Bertz CT molecular complexity index is 1130. The van der Waals surface area contributed by atoms with Crippen molar-refractivity contribution in [2.75, 3.05) is 18.4 Å².